The average molecular weight is 425 g/mol. The van der Waals surface area contributed by atoms with Crippen LogP contribution in [0.4, 0.5) is 5.69 Å². The molecule has 0 saturated heterocycles. The van der Waals surface area contributed by atoms with Crippen molar-refractivity contribution in [3.05, 3.63) is 71.1 Å². The van der Waals surface area contributed by atoms with E-state index < -0.39 is 11.9 Å². The summed E-state index contributed by atoms with van der Waals surface area (Å²) in [5.74, 6) is -0.0939. The Balaban J connectivity index is 1.82. The molecule has 136 valence electrons. The van der Waals surface area contributed by atoms with Crippen molar-refractivity contribution in [2.45, 2.75) is 6.42 Å². The van der Waals surface area contributed by atoms with Crippen molar-refractivity contribution in [3.8, 4) is 11.5 Å². The molecular weight excluding hydrogens is 410 g/mol. The highest BCUT2D eigenvalue weighted by atomic mass is 79.9. The van der Waals surface area contributed by atoms with Crippen LogP contribution in [0.25, 0.3) is 10.8 Å². The Morgan fingerprint density at radius 3 is 2.52 bits per heavy atom. The van der Waals surface area contributed by atoms with Gasteiger partial charge in [-0.2, -0.15) is 6.42 Å². The fourth-order valence-electron chi connectivity index (χ4n) is 3.07. The van der Waals surface area contributed by atoms with Crippen molar-refractivity contribution in [1.29, 1.82) is 0 Å². The number of carbonyl (C=O) groups is 2. The van der Waals surface area contributed by atoms with Crippen molar-refractivity contribution >= 4 is 44.3 Å². The zero-order valence-corrected chi connectivity index (χ0v) is 15.8. The van der Waals surface area contributed by atoms with Gasteiger partial charge in [0.15, 0.2) is 5.75 Å². The molecule has 0 aromatic heterocycles. The van der Waals surface area contributed by atoms with E-state index in [1.165, 1.54) is 0 Å². The summed E-state index contributed by atoms with van der Waals surface area (Å²) >= 11 is 3.46. The molecule has 0 fully saturated rings. The highest BCUT2D eigenvalue weighted by Crippen LogP contribution is 2.39. The molecule has 0 amide bonds. The number of esters is 2. The Morgan fingerprint density at radius 1 is 1.00 bits per heavy atom. The van der Waals surface area contributed by atoms with Gasteiger partial charge in [-0.25, -0.2) is 9.59 Å². The summed E-state index contributed by atoms with van der Waals surface area (Å²) < 4.78 is 11.9. The second kappa shape index (κ2) is 7.04. The predicted molar refractivity (Wildman–Crippen MR) is 106 cm³/mol. The Kier molecular flexibility index (Phi) is 4.58. The average Bonchev–Trinajstić information content (AvgIpc) is 2.66. The maximum absolute atomic E-state index is 12.1. The molecule has 0 unspecified atom stereocenters. The van der Waals surface area contributed by atoms with E-state index in [2.05, 4.69) is 28.2 Å². The first-order valence-electron chi connectivity index (χ1n) is 8.41. The molecule has 6 heteroatoms. The lowest BCUT2D eigenvalue weighted by atomic mass is 9.96. The molecule has 0 saturated carbocycles. The van der Waals surface area contributed by atoms with Crippen LogP contribution in [-0.2, 0) is 4.74 Å². The minimum Gasteiger partial charge on any atom is -0.455 e. The number of nitrogens with one attached hydrogen (secondary N) is 1. The van der Waals surface area contributed by atoms with Gasteiger partial charge < -0.3 is 21.7 Å². The highest BCUT2D eigenvalue weighted by molar-refractivity contribution is 9.10. The molecular formula is C21H15BrNO4-. The number of anilines is 1. The molecule has 3 aromatic carbocycles. The van der Waals surface area contributed by atoms with Crippen molar-refractivity contribution < 1.29 is 19.1 Å². The van der Waals surface area contributed by atoms with Gasteiger partial charge in [0.05, 0.1) is 16.8 Å². The van der Waals surface area contributed by atoms with Crippen molar-refractivity contribution in [2.75, 3.05) is 11.9 Å². The third-order valence-corrected chi connectivity index (χ3v) is 4.77. The van der Waals surface area contributed by atoms with E-state index in [-0.39, 0.29) is 0 Å². The number of hydrogen-bond donors (Lipinski definition) is 1. The van der Waals surface area contributed by atoms with Crippen LogP contribution in [0.1, 0.15) is 27.1 Å². The molecule has 1 N–H and O–H groups in total. The third-order valence-electron chi connectivity index (χ3n) is 4.28. The van der Waals surface area contributed by atoms with Crippen LogP contribution in [0.3, 0.4) is 0 Å². The summed E-state index contributed by atoms with van der Waals surface area (Å²) in [5.41, 5.74) is 1.54. The molecule has 3 aromatic rings. The van der Waals surface area contributed by atoms with Crippen LogP contribution in [0.15, 0.2) is 53.0 Å². The fraction of sp³-hybridized carbons (Fsp3) is 0.0952. The number of carbonyl (C=O) groups excluding carboxylic acids is 2. The molecule has 0 spiro atoms. The van der Waals surface area contributed by atoms with E-state index in [1.807, 2.05) is 24.3 Å². The zero-order chi connectivity index (χ0) is 19.0. The van der Waals surface area contributed by atoms with Gasteiger partial charge in [-0.05, 0) is 42.9 Å². The fourth-order valence-corrected chi connectivity index (χ4v) is 3.44. The molecule has 0 atom stereocenters. The van der Waals surface area contributed by atoms with Gasteiger partial charge in [0.1, 0.15) is 5.75 Å². The minimum absolute atomic E-state index is 0.360. The molecule has 0 radical (unpaired) electrons. The summed E-state index contributed by atoms with van der Waals surface area (Å²) in [6, 6.07) is 14.2. The van der Waals surface area contributed by atoms with Crippen molar-refractivity contribution in [1.82, 2.24) is 0 Å². The molecule has 0 bridgehead atoms. The Hall–Kier alpha value is -2.86. The molecule has 1 heterocycles. The van der Waals surface area contributed by atoms with Crippen LogP contribution in [-0.4, -0.2) is 18.5 Å². The van der Waals surface area contributed by atoms with Crippen LogP contribution in [0, 0.1) is 6.92 Å². The summed E-state index contributed by atoms with van der Waals surface area (Å²) in [6.45, 7) is 4.54. The van der Waals surface area contributed by atoms with E-state index in [0.717, 1.165) is 16.6 Å². The van der Waals surface area contributed by atoms with Crippen molar-refractivity contribution in [3.63, 3.8) is 0 Å². The largest absolute Gasteiger partial charge is 0.455 e. The number of cyclic esters (lactones) is 2. The first-order valence-corrected chi connectivity index (χ1v) is 9.20. The number of ether oxygens (including phenoxy) is 2. The number of halogens is 1. The van der Waals surface area contributed by atoms with Crippen LogP contribution >= 0.6 is 15.9 Å². The maximum atomic E-state index is 12.1. The number of benzene rings is 3. The molecule has 27 heavy (non-hydrogen) atoms. The Bertz CT molecular complexity index is 1060. The standard InChI is InChI=1S/C21H15BrNO4/c1-2-10-23-16-11-12(22)6-8-18(16)26-17-9-7-15-19-13(17)4-3-5-14(19)20(24)27-21(15)25/h3-9,11,23H,1-2,10H2/q-1. The monoisotopic (exact) mass is 424 g/mol. The molecule has 1 aliphatic rings. The maximum Gasteiger partial charge on any atom is 0.346 e. The van der Waals surface area contributed by atoms with E-state index in [4.69, 9.17) is 9.47 Å². The third kappa shape index (κ3) is 3.17. The molecule has 4 rings (SSSR count). The van der Waals surface area contributed by atoms with Gasteiger partial charge in [0, 0.05) is 15.2 Å². The first kappa shape index (κ1) is 17.5. The van der Waals surface area contributed by atoms with Gasteiger partial charge in [-0.15, -0.1) is 0 Å². The second-order valence-corrected chi connectivity index (χ2v) is 6.95. The van der Waals surface area contributed by atoms with Gasteiger partial charge in [0.25, 0.3) is 0 Å². The number of hydrogen-bond acceptors (Lipinski definition) is 5. The van der Waals surface area contributed by atoms with E-state index in [1.54, 1.807) is 24.3 Å². The second-order valence-electron chi connectivity index (χ2n) is 6.04. The summed E-state index contributed by atoms with van der Waals surface area (Å²) in [5, 5.41) is 4.52. The first-order chi connectivity index (χ1) is 13.1. The normalized spacial score (nSPS) is 12.8. The van der Waals surface area contributed by atoms with E-state index in [0.29, 0.717) is 39.9 Å². The van der Waals surface area contributed by atoms with Crippen molar-refractivity contribution in [2.24, 2.45) is 0 Å². The summed E-state index contributed by atoms with van der Waals surface area (Å²) in [7, 11) is 0. The SMILES string of the molecule is [CH2-]CCNc1cc(Br)ccc1Oc1ccc2c3c(cccc13)C(=O)OC2=O. The topological polar surface area (TPSA) is 64.6 Å². The van der Waals surface area contributed by atoms with Crippen LogP contribution in [0.5, 0.6) is 11.5 Å². The molecule has 1 aliphatic heterocycles. The summed E-state index contributed by atoms with van der Waals surface area (Å²) in [6.07, 6.45) is 0.733. The predicted octanol–water partition coefficient (Wildman–Crippen LogP) is 5.34. The molecule has 0 aliphatic carbocycles. The lowest BCUT2D eigenvalue weighted by molar-refractivity contribution is 0.0391. The van der Waals surface area contributed by atoms with Gasteiger partial charge in [-0.1, -0.05) is 28.1 Å². The van der Waals surface area contributed by atoms with E-state index in [9.17, 15) is 9.59 Å². The Morgan fingerprint density at radius 2 is 1.74 bits per heavy atom. The molecule has 5 nitrogen and oxygen atoms in total. The Labute approximate surface area is 164 Å². The smallest absolute Gasteiger partial charge is 0.346 e. The minimum atomic E-state index is -0.642. The highest BCUT2D eigenvalue weighted by Gasteiger charge is 2.28. The van der Waals surface area contributed by atoms with Gasteiger partial charge in [0.2, 0.25) is 0 Å². The lowest BCUT2D eigenvalue weighted by Gasteiger charge is -2.19. The lowest BCUT2D eigenvalue weighted by Crippen LogP contribution is -2.19. The van der Waals surface area contributed by atoms with Gasteiger partial charge >= 0.3 is 11.9 Å². The number of rotatable bonds is 5. The van der Waals surface area contributed by atoms with Gasteiger partial charge in [-0.3, -0.25) is 0 Å². The summed E-state index contributed by atoms with van der Waals surface area (Å²) in [4.78, 5) is 24.1. The quantitative estimate of drug-likeness (QED) is 0.340. The van der Waals surface area contributed by atoms with Crippen LogP contribution < -0.4 is 10.1 Å². The zero-order valence-electron chi connectivity index (χ0n) is 14.3. The van der Waals surface area contributed by atoms with E-state index >= 15 is 0 Å². The van der Waals surface area contributed by atoms with Crippen LogP contribution in [0.2, 0.25) is 0 Å².